The molecule has 0 saturated heterocycles. The van der Waals surface area contributed by atoms with Crippen LogP contribution in [0.25, 0.3) is 0 Å². The highest BCUT2D eigenvalue weighted by Crippen LogP contribution is 2.38. The highest BCUT2D eigenvalue weighted by Gasteiger charge is 2.32. The molecule has 3 unspecified atom stereocenters. The average Bonchev–Trinajstić information content (AvgIpc) is 3.28. The summed E-state index contributed by atoms with van der Waals surface area (Å²) in [5, 5.41) is 12.1. The quantitative estimate of drug-likeness (QED) is 0.668. The molecule has 1 N–H and O–H groups in total. The van der Waals surface area contributed by atoms with Crippen molar-refractivity contribution in [3.05, 3.63) is 47.6 Å². The van der Waals surface area contributed by atoms with Crippen LogP contribution >= 0.6 is 0 Å². The van der Waals surface area contributed by atoms with Crippen LogP contribution in [-0.4, -0.2) is 16.7 Å². The van der Waals surface area contributed by atoms with E-state index in [1.54, 1.807) is 6.26 Å². The smallest absolute Gasteiger partial charge is 0.221 e. The van der Waals surface area contributed by atoms with Gasteiger partial charge in [0.15, 0.2) is 0 Å². The third-order valence-corrected chi connectivity index (χ3v) is 5.87. The Kier molecular flexibility index (Phi) is 6.43. The lowest BCUT2D eigenvalue weighted by Crippen LogP contribution is -2.34. The van der Waals surface area contributed by atoms with E-state index in [4.69, 9.17) is 8.83 Å². The minimum atomic E-state index is -0.103. The van der Waals surface area contributed by atoms with Gasteiger partial charge in [0.05, 0.1) is 12.8 Å². The molecule has 1 aliphatic carbocycles. The van der Waals surface area contributed by atoms with Gasteiger partial charge in [0.1, 0.15) is 5.76 Å². The molecule has 0 radical (unpaired) electrons. The Labute approximate surface area is 169 Å². The lowest BCUT2D eigenvalue weighted by Gasteiger charge is -2.37. The fourth-order valence-electron chi connectivity index (χ4n) is 4.13. The molecule has 3 rings (SSSR count). The SMILES string of the molecule is CC1=CC(CNCc2ccco2)C(C(C)C)CC1Cc1nnc(C(C)(C)C)o1. The Bertz CT molecular complexity index is 768. The van der Waals surface area contributed by atoms with Crippen molar-refractivity contribution in [3.8, 4) is 0 Å². The standard InChI is InChI=1S/C23H35N3O2/c1-15(2)20-11-17(12-21-25-26-22(28-21)23(4,5)6)16(3)10-18(20)13-24-14-19-8-7-9-27-19/h7-10,15,17-18,20,24H,11-14H2,1-6H3. The molecule has 0 aliphatic heterocycles. The van der Waals surface area contributed by atoms with Crippen molar-refractivity contribution in [1.82, 2.24) is 15.5 Å². The van der Waals surface area contributed by atoms with Gasteiger partial charge < -0.3 is 14.2 Å². The number of nitrogens with zero attached hydrogens (tertiary/aromatic N) is 2. The first-order chi connectivity index (χ1) is 13.2. The summed E-state index contributed by atoms with van der Waals surface area (Å²) in [6.07, 6.45) is 6.20. The first-order valence-corrected chi connectivity index (χ1v) is 10.5. The normalized spacial score (nSPS) is 23.2. The topological polar surface area (TPSA) is 64.1 Å². The Hall–Kier alpha value is -1.88. The molecule has 0 saturated carbocycles. The van der Waals surface area contributed by atoms with Crippen molar-refractivity contribution in [2.75, 3.05) is 6.54 Å². The molecule has 0 bridgehead atoms. The summed E-state index contributed by atoms with van der Waals surface area (Å²) in [7, 11) is 0. The Morgan fingerprint density at radius 2 is 2.04 bits per heavy atom. The van der Waals surface area contributed by atoms with Gasteiger partial charge in [0, 0.05) is 18.4 Å². The second-order valence-electron chi connectivity index (χ2n) is 9.58. The zero-order valence-corrected chi connectivity index (χ0v) is 18.2. The van der Waals surface area contributed by atoms with Crippen molar-refractivity contribution in [2.45, 2.75) is 66.3 Å². The summed E-state index contributed by atoms with van der Waals surface area (Å²) >= 11 is 0. The van der Waals surface area contributed by atoms with Crippen molar-refractivity contribution in [3.63, 3.8) is 0 Å². The zero-order valence-electron chi connectivity index (χ0n) is 18.2. The minimum absolute atomic E-state index is 0.103. The van der Waals surface area contributed by atoms with E-state index in [9.17, 15) is 0 Å². The van der Waals surface area contributed by atoms with Crippen LogP contribution in [0.15, 0.2) is 38.9 Å². The van der Waals surface area contributed by atoms with Crippen LogP contribution in [0.1, 0.15) is 65.5 Å². The van der Waals surface area contributed by atoms with Crippen LogP contribution in [0.4, 0.5) is 0 Å². The number of aromatic nitrogens is 2. The molecule has 5 heteroatoms. The van der Waals surface area contributed by atoms with E-state index in [0.29, 0.717) is 23.7 Å². The van der Waals surface area contributed by atoms with Gasteiger partial charge >= 0.3 is 0 Å². The van der Waals surface area contributed by atoms with Gasteiger partial charge in [-0.15, -0.1) is 10.2 Å². The van der Waals surface area contributed by atoms with Crippen LogP contribution in [0.2, 0.25) is 0 Å². The largest absolute Gasteiger partial charge is 0.468 e. The predicted octanol–water partition coefficient (Wildman–Crippen LogP) is 5.15. The molecule has 2 aromatic heterocycles. The van der Waals surface area contributed by atoms with Crippen LogP contribution in [0, 0.1) is 23.7 Å². The molecule has 1 aliphatic rings. The maximum atomic E-state index is 5.96. The van der Waals surface area contributed by atoms with Crippen molar-refractivity contribution < 1.29 is 8.83 Å². The average molecular weight is 386 g/mol. The van der Waals surface area contributed by atoms with Gasteiger partial charge in [-0.1, -0.05) is 46.3 Å². The van der Waals surface area contributed by atoms with E-state index in [2.05, 4.69) is 63.1 Å². The van der Waals surface area contributed by atoms with Crippen LogP contribution in [0.5, 0.6) is 0 Å². The number of hydrogen-bond donors (Lipinski definition) is 1. The number of hydrogen-bond acceptors (Lipinski definition) is 5. The summed E-state index contributed by atoms with van der Waals surface area (Å²) in [5.41, 5.74) is 1.34. The molecule has 0 spiro atoms. The number of rotatable bonds is 7. The fourth-order valence-corrected chi connectivity index (χ4v) is 4.13. The van der Waals surface area contributed by atoms with E-state index < -0.39 is 0 Å². The van der Waals surface area contributed by atoms with Crippen molar-refractivity contribution in [2.24, 2.45) is 23.7 Å². The van der Waals surface area contributed by atoms with E-state index in [0.717, 1.165) is 37.1 Å². The predicted molar refractivity (Wildman–Crippen MR) is 111 cm³/mol. The molecular weight excluding hydrogens is 350 g/mol. The molecule has 2 heterocycles. The van der Waals surface area contributed by atoms with Gasteiger partial charge in [0.2, 0.25) is 11.8 Å². The molecule has 5 nitrogen and oxygen atoms in total. The van der Waals surface area contributed by atoms with Crippen LogP contribution in [0.3, 0.4) is 0 Å². The molecule has 154 valence electrons. The Morgan fingerprint density at radius 3 is 2.64 bits per heavy atom. The lowest BCUT2D eigenvalue weighted by atomic mass is 9.70. The van der Waals surface area contributed by atoms with Gasteiger partial charge in [0.25, 0.3) is 0 Å². The third kappa shape index (κ3) is 5.13. The third-order valence-electron chi connectivity index (χ3n) is 5.87. The molecule has 28 heavy (non-hydrogen) atoms. The molecule has 3 atom stereocenters. The molecule has 0 fully saturated rings. The monoisotopic (exact) mass is 385 g/mol. The van der Waals surface area contributed by atoms with E-state index >= 15 is 0 Å². The second-order valence-corrected chi connectivity index (χ2v) is 9.58. The highest BCUT2D eigenvalue weighted by molar-refractivity contribution is 5.14. The summed E-state index contributed by atoms with van der Waals surface area (Å²) in [4.78, 5) is 0. The maximum Gasteiger partial charge on any atom is 0.221 e. The second kappa shape index (κ2) is 8.64. The first kappa shape index (κ1) is 20.8. The Balaban J connectivity index is 1.65. The summed E-state index contributed by atoms with van der Waals surface area (Å²) < 4.78 is 11.4. The Morgan fingerprint density at radius 1 is 1.25 bits per heavy atom. The molecule has 0 aromatic carbocycles. The molecule has 2 aromatic rings. The highest BCUT2D eigenvalue weighted by atomic mass is 16.4. The lowest BCUT2D eigenvalue weighted by molar-refractivity contribution is 0.216. The van der Waals surface area contributed by atoms with Crippen LogP contribution < -0.4 is 5.32 Å². The van der Waals surface area contributed by atoms with Crippen molar-refractivity contribution in [1.29, 1.82) is 0 Å². The van der Waals surface area contributed by atoms with Gasteiger partial charge in [-0.25, -0.2) is 0 Å². The minimum Gasteiger partial charge on any atom is -0.468 e. The molecular formula is C23H35N3O2. The summed E-state index contributed by atoms with van der Waals surface area (Å²) in [5.74, 6) is 4.76. The van der Waals surface area contributed by atoms with Gasteiger partial charge in [-0.2, -0.15) is 0 Å². The van der Waals surface area contributed by atoms with E-state index in [-0.39, 0.29) is 5.41 Å². The summed E-state index contributed by atoms with van der Waals surface area (Å²) in [6.45, 7) is 15.0. The fraction of sp³-hybridized carbons (Fsp3) is 0.652. The first-order valence-electron chi connectivity index (χ1n) is 10.5. The van der Waals surface area contributed by atoms with Crippen LogP contribution in [-0.2, 0) is 18.4 Å². The van der Waals surface area contributed by atoms with E-state index in [1.165, 1.54) is 12.0 Å². The molecule has 0 amide bonds. The van der Waals surface area contributed by atoms with Gasteiger partial charge in [-0.3, -0.25) is 0 Å². The maximum absolute atomic E-state index is 5.96. The zero-order chi connectivity index (χ0) is 20.3. The number of allylic oxidation sites excluding steroid dienone is 1. The van der Waals surface area contributed by atoms with Gasteiger partial charge in [-0.05, 0) is 49.1 Å². The number of furan rings is 1. The van der Waals surface area contributed by atoms with Crippen molar-refractivity contribution >= 4 is 0 Å². The number of nitrogens with one attached hydrogen (secondary N) is 1. The summed E-state index contributed by atoms with van der Waals surface area (Å²) in [6, 6.07) is 3.95. The van der Waals surface area contributed by atoms with E-state index in [1.807, 2.05) is 12.1 Å².